The van der Waals surface area contributed by atoms with Crippen molar-refractivity contribution in [3.8, 4) is 31.7 Å². The molecule has 0 aliphatic carbocycles. The molecule has 0 saturated carbocycles. The van der Waals surface area contributed by atoms with Gasteiger partial charge in [-0.25, -0.2) is 0 Å². The molecule has 6 aromatic carbocycles. The van der Waals surface area contributed by atoms with E-state index in [1.54, 1.807) is 34.0 Å². The maximum absolute atomic E-state index is 4.61. The molecule has 3 heterocycles. The van der Waals surface area contributed by atoms with Gasteiger partial charge < -0.3 is 0 Å². The fraction of sp³-hybridized carbons (Fsp3) is 0.0250. The van der Waals surface area contributed by atoms with Crippen LogP contribution in [-0.2, 0) is 20.1 Å². The standard InChI is InChI=1S/C14H10NS.2C13H8NS.Ir/c1-10-5-4-6-11(9-10)14-15-12-7-2-3-8-13(12)16-14;2*1-2-6-10(7-3-1)13-14-11-8-4-5-9-12(11)15-13;/h2-5,7-9H,1H3;2*1-6,8-9H;/q3*-1;+3. The maximum Gasteiger partial charge on any atom is 3.00 e. The molecule has 0 aliphatic rings. The molecule has 0 bridgehead atoms. The number of nitrogens with zero attached hydrogens (tertiary/aromatic N) is 3. The van der Waals surface area contributed by atoms with E-state index in [0.29, 0.717) is 0 Å². The summed E-state index contributed by atoms with van der Waals surface area (Å²) in [4.78, 5) is 13.8. The minimum Gasteiger partial charge on any atom is -0.285 e. The predicted molar refractivity (Wildman–Crippen MR) is 196 cm³/mol. The van der Waals surface area contributed by atoms with Crippen LogP contribution in [0.4, 0.5) is 0 Å². The van der Waals surface area contributed by atoms with E-state index in [9.17, 15) is 0 Å². The summed E-state index contributed by atoms with van der Waals surface area (Å²) in [7, 11) is 0. The molecular weight excluding hydrogens is 811 g/mol. The van der Waals surface area contributed by atoms with Gasteiger partial charge in [-0.3, -0.25) is 15.0 Å². The van der Waals surface area contributed by atoms with Gasteiger partial charge in [0.2, 0.25) is 0 Å². The summed E-state index contributed by atoms with van der Waals surface area (Å²) in [5, 5.41) is 3.12. The number of fused-ring (bicyclic) bond motifs is 3. The van der Waals surface area contributed by atoms with Crippen LogP contribution < -0.4 is 0 Å². The van der Waals surface area contributed by atoms with E-state index in [2.05, 4.69) is 70.4 Å². The number of hydrogen-bond donors (Lipinski definition) is 0. The molecule has 0 saturated heterocycles. The third-order valence-corrected chi connectivity index (χ3v) is 10.2. The number of hydrogen-bond acceptors (Lipinski definition) is 6. The fourth-order valence-corrected chi connectivity index (χ4v) is 7.57. The van der Waals surface area contributed by atoms with Crippen LogP contribution in [0, 0.1) is 25.1 Å². The number of aromatic nitrogens is 3. The van der Waals surface area contributed by atoms with Gasteiger partial charge in [0, 0.05) is 29.1 Å². The van der Waals surface area contributed by atoms with Crippen LogP contribution in [0.3, 0.4) is 0 Å². The second-order valence-corrected chi connectivity index (χ2v) is 13.4. The minimum atomic E-state index is 0. The van der Waals surface area contributed by atoms with Gasteiger partial charge in [-0.15, -0.1) is 107 Å². The van der Waals surface area contributed by atoms with Crippen molar-refractivity contribution < 1.29 is 20.1 Å². The Hall–Kier alpha value is -4.36. The number of thiazole rings is 3. The van der Waals surface area contributed by atoms with Crippen LogP contribution in [0.25, 0.3) is 62.4 Å². The zero-order chi connectivity index (χ0) is 31.1. The molecule has 3 nitrogen and oxygen atoms in total. The first kappa shape index (κ1) is 32.6. The van der Waals surface area contributed by atoms with Crippen LogP contribution in [0.1, 0.15) is 5.56 Å². The van der Waals surface area contributed by atoms with Gasteiger partial charge in [-0.2, -0.15) is 34.0 Å². The van der Waals surface area contributed by atoms with Crippen LogP contribution in [0.2, 0.25) is 0 Å². The molecule has 9 aromatic rings. The first-order chi connectivity index (χ1) is 22.7. The van der Waals surface area contributed by atoms with E-state index in [4.69, 9.17) is 0 Å². The van der Waals surface area contributed by atoms with Gasteiger partial charge in [0.1, 0.15) is 0 Å². The van der Waals surface area contributed by atoms with E-state index < -0.39 is 0 Å². The minimum absolute atomic E-state index is 0. The Kier molecular flexibility index (Phi) is 10.7. The Morgan fingerprint density at radius 1 is 0.426 bits per heavy atom. The summed E-state index contributed by atoms with van der Waals surface area (Å²) in [5.41, 5.74) is 7.66. The second-order valence-electron chi connectivity index (χ2n) is 10.3. The first-order valence-electron chi connectivity index (χ1n) is 14.7. The summed E-state index contributed by atoms with van der Waals surface area (Å²) < 4.78 is 3.68. The molecule has 3 aromatic heterocycles. The van der Waals surface area contributed by atoms with Gasteiger partial charge in [-0.05, 0) is 36.4 Å². The van der Waals surface area contributed by atoms with E-state index in [1.807, 2.05) is 109 Å². The third-order valence-electron chi connectivity index (χ3n) is 6.95. The van der Waals surface area contributed by atoms with Crippen molar-refractivity contribution in [3.63, 3.8) is 0 Å². The zero-order valence-corrected chi connectivity index (χ0v) is 30.0. The Bertz CT molecular complexity index is 2140. The molecule has 0 spiro atoms. The van der Waals surface area contributed by atoms with Gasteiger partial charge in [0.15, 0.2) is 0 Å². The van der Waals surface area contributed by atoms with Crippen LogP contribution in [0.15, 0.2) is 140 Å². The first-order valence-corrected chi connectivity index (χ1v) is 17.1. The Morgan fingerprint density at radius 3 is 1.19 bits per heavy atom. The average Bonchev–Trinajstić information content (AvgIpc) is 3.86. The Morgan fingerprint density at radius 2 is 0.809 bits per heavy atom. The van der Waals surface area contributed by atoms with Crippen molar-refractivity contribution in [3.05, 3.63) is 163 Å². The van der Waals surface area contributed by atoms with Crippen LogP contribution in [-0.4, -0.2) is 15.0 Å². The van der Waals surface area contributed by atoms with Crippen molar-refractivity contribution >= 4 is 64.7 Å². The van der Waals surface area contributed by atoms with Gasteiger partial charge >= 0.3 is 20.1 Å². The summed E-state index contributed by atoms with van der Waals surface area (Å²) in [6.45, 7) is 2.09. The van der Waals surface area contributed by atoms with Crippen molar-refractivity contribution in [1.82, 2.24) is 15.0 Å². The zero-order valence-electron chi connectivity index (χ0n) is 25.2. The SMILES string of the molecule is Cc1cc[c-]c(-c2nc3ccccc3s2)c1.[Ir+3].[c-]1ccccc1-c1nc2ccccc2s1.[c-]1ccccc1-c1nc2ccccc2s1. The molecule has 228 valence electrons. The Balaban J connectivity index is 0.000000122. The summed E-state index contributed by atoms with van der Waals surface area (Å²) >= 11 is 5.13. The number of rotatable bonds is 3. The molecule has 47 heavy (non-hydrogen) atoms. The molecule has 0 amide bonds. The number of para-hydroxylation sites is 3. The smallest absolute Gasteiger partial charge is 0.285 e. The maximum atomic E-state index is 4.61. The monoisotopic (exact) mass is 837 g/mol. The third kappa shape index (κ3) is 7.96. The fourth-order valence-electron chi connectivity index (χ4n) is 4.72. The van der Waals surface area contributed by atoms with E-state index >= 15 is 0 Å². The van der Waals surface area contributed by atoms with E-state index in [-0.39, 0.29) is 20.1 Å². The van der Waals surface area contributed by atoms with E-state index in [1.165, 1.54) is 19.7 Å². The van der Waals surface area contributed by atoms with Crippen molar-refractivity contribution in [2.24, 2.45) is 0 Å². The quantitative estimate of drug-likeness (QED) is 0.166. The normalized spacial score (nSPS) is 10.5. The molecule has 9 rings (SSSR count). The van der Waals surface area contributed by atoms with Crippen LogP contribution in [0.5, 0.6) is 0 Å². The largest absolute Gasteiger partial charge is 3.00 e. The van der Waals surface area contributed by atoms with Crippen LogP contribution >= 0.6 is 34.0 Å². The molecule has 0 N–H and O–H groups in total. The number of aryl methyl sites for hydroxylation is 1. The van der Waals surface area contributed by atoms with Gasteiger partial charge in [-0.1, -0.05) is 43.3 Å². The van der Waals surface area contributed by atoms with Crippen molar-refractivity contribution in [2.75, 3.05) is 0 Å². The summed E-state index contributed by atoms with van der Waals surface area (Å²) in [6, 6.07) is 56.2. The molecule has 0 unspecified atom stereocenters. The molecule has 7 heteroatoms. The topological polar surface area (TPSA) is 38.7 Å². The molecule has 0 radical (unpaired) electrons. The molecule has 0 atom stereocenters. The summed E-state index contributed by atoms with van der Waals surface area (Å²) in [5.74, 6) is 0. The number of benzene rings is 6. The molecular formula is C40H26IrN3S3. The van der Waals surface area contributed by atoms with Crippen molar-refractivity contribution in [1.29, 1.82) is 0 Å². The predicted octanol–water partition coefficient (Wildman–Crippen LogP) is 11.6. The van der Waals surface area contributed by atoms with Gasteiger partial charge in [0.25, 0.3) is 0 Å². The Labute approximate surface area is 299 Å². The second kappa shape index (κ2) is 15.5. The van der Waals surface area contributed by atoms with Gasteiger partial charge in [0.05, 0.1) is 16.6 Å². The van der Waals surface area contributed by atoms with Crippen molar-refractivity contribution in [2.45, 2.75) is 6.92 Å². The summed E-state index contributed by atoms with van der Waals surface area (Å²) in [6.07, 6.45) is 0. The molecule has 0 fully saturated rings. The average molecular weight is 837 g/mol. The van der Waals surface area contributed by atoms with E-state index in [0.717, 1.165) is 48.3 Å². The molecule has 0 aliphatic heterocycles.